The summed E-state index contributed by atoms with van der Waals surface area (Å²) in [5, 5.41) is 4.52. The summed E-state index contributed by atoms with van der Waals surface area (Å²) in [5.41, 5.74) is 0.349. The number of sulfonamides is 1. The third-order valence-electron chi connectivity index (χ3n) is 3.60. The van der Waals surface area contributed by atoms with Crippen LogP contribution in [0.4, 0.5) is 4.79 Å². The molecule has 3 amide bonds. The number of hydrogen-bond acceptors (Lipinski definition) is 7. The molecule has 1 aliphatic heterocycles. The lowest BCUT2D eigenvalue weighted by molar-refractivity contribution is -0.149. The molecule has 152 valence electrons. The van der Waals surface area contributed by atoms with E-state index in [0.29, 0.717) is 12.1 Å². The SMILES string of the molecule is CC(C)CNC(=O)NC(=O)COC(=O)[C@H](C)N=C1NS(=O)(=O)c2ccccc21. The zero-order valence-corrected chi connectivity index (χ0v) is 16.5. The number of nitrogens with one attached hydrogen (secondary N) is 3. The molecular formula is C17H22N4O6S. The quantitative estimate of drug-likeness (QED) is 0.569. The first-order chi connectivity index (χ1) is 13.1. The van der Waals surface area contributed by atoms with Crippen molar-refractivity contribution in [2.45, 2.75) is 31.7 Å². The van der Waals surface area contributed by atoms with Crippen LogP contribution in [-0.2, 0) is 24.3 Å². The van der Waals surface area contributed by atoms with E-state index in [-0.39, 0.29) is 16.6 Å². The van der Waals surface area contributed by atoms with Gasteiger partial charge in [0, 0.05) is 12.1 Å². The van der Waals surface area contributed by atoms with E-state index in [9.17, 15) is 22.8 Å². The van der Waals surface area contributed by atoms with Gasteiger partial charge in [0.15, 0.2) is 6.61 Å². The highest BCUT2D eigenvalue weighted by Gasteiger charge is 2.31. The lowest BCUT2D eigenvalue weighted by Crippen LogP contribution is -2.42. The Morgan fingerprint density at radius 1 is 1.18 bits per heavy atom. The fourth-order valence-electron chi connectivity index (χ4n) is 2.24. The summed E-state index contributed by atoms with van der Waals surface area (Å²) in [4.78, 5) is 39.2. The smallest absolute Gasteiger partial charge is 0.331 e. The van der Waals surface area contributed by atoms with Gasteiger partial charge in [-0.15, -0.1) is 0 Å². The third kappa shape index (κ3) is 5.52. The highest BCUT2D eigenvalue weighted by atomic mass is 32.2. The normalized spacial score (nSPS) is 16.8. The fraction of sp³-hybridized carbons (Fsp3) is 0.412. The van der Waals surface area contributed by atoms with E-state index in [1.54, 1.807) is 18.2 Å². The predicted octanol–water partition coefficient (Wildman–Crippen LogP) is 0.139. The molecule has 0 saturated heterocycles. The largest absolute Gasteiger partial charge is 0.454 e. The number of esters is 1. The molecule has 0 aliphatic carbocycles. The van der Waals surface area contributed by atoms with Crippen molar-refractivity contribution in [1.82, 2.24) is 15.4 Å². The van der Waals surface area contributed by atoms with Crippen molar-refractivity contribution in [2.75, 3.05) is 13.2 Å². The maximum atomic E-state index is 12.0. The zero-order chi connectivity index (χ0) is 20.9. The Morgan fingerprint density at radius 3 is 2.54 bits per heavy atom. The molecule has 2 rings (SSSR count). The Balaban J connectivity index is 1.91. The molecule has 0 fully saturated rings. The van der Waals surface area contributed by atoms with Gasteiger partial charge in [0.1, 0.15) is 11.9 Å². The summed E-state index contributed by atoms with van der Waals surface area (Å²) in [7, 11) is -3.72. The van der Waals surface area contributed by atoms with Crippen LogP contribution in [0, 0.1) is 5.92 Å². The van der Waals surface area contributed by atoms with Crippen LogP contribution in [0.15, 0.2) is 34.2 Å². The molecule has 3 N–H and O–H groups in total. The molecule has 1 aromatic carbocycles. The van der Waals surface area contributed by atoms with E-state index in [4.69, 9.17) is 4.74 Å². The van der Waals surface area contributed by atoms with Gasteiger partial charge in [-0.2, -0.15) is 0 Å². The van der Waals surface area contributed by atoms with Crippen LogP contribution in [0.25, 0.3) is 0 Å². The van der Waals surface area contributed by atoms with E-state index in [1.807, 2.05) is 19.2 Å². The summed E-state index contributed by atoms with van der Waals surface area (Å²) < 4.78 is 31.2. The summed E-state index contributed by atoms with van der Waals surface area (Å²) >= 11 is 0. The Labute approximate surface area is 162 Å². The standard InChI is InChI=1S/C17H22N4O6S/c1-10(2)8-18-17(24)20-14(22)9-27-16(23)11(3)19-15-12-6-4-5-7-13(12)28(25,26)21-15/h4-7,10-11H,8-9H2,1-3H3,(H,19,21)(H2,18,20,22,24)/t11-/m0/s1. The number of benzene rings is 1. The van der Waals surface area contributed by atoms with Gasteiger partial charge in [0.05, 0.1) is 4.90 Å². The van der Waals surface area contributed by atoms with Gasteiger partial charge in [-0.25, -0.2) is 18.0 Å². The van der Waals surface area contributed by atoms with Crippen molar-refractivity contribution in [1.29, 1.82) is 0 Å². The number of urea groups is 1. The van der Waals surface area contributed by atoms with Gasteiger partial charge < -0.3 is 10.1 Å². The number of amides is 3. The summed E-state index contributed by atoms with van der Waals surface area (Å²) in [6.45, 7) is 4.93. The van der Waals surface area contributed by atoms with Gasteiger partial charge >= 0.3 is 12.0 Å². The van der Waals surface area contributed by atoms with Crippen LogP contribution in [-0.4, -0.2) is 51.4 Å². The number of ether oxygens (including phenoxy) is 1. The molecule has 1 heterocycles. The minimum Gasteiger partial charge on any atom is -0.454 e. The second kappa shape index (κ2) is 8.83. The number of carbonyl (C=O) groups excluding carboxylic acids is 3. The molecule has 1 aromatic rings. The average molecular weight is 410 g/mol. The number of fused-ring (bicyclic) bond motifs is 1. The van der Waals surface area contributed by atoms with Crippen molar-refractivity contribution in [3.63, 3.8) is 0 Å². The van der Waals surface area contributed by atoms with Gasteiger partial charge in [-0.1, -0.05) is 26.0 Å². The monoisotopic (exact) mass is 410 g/mol. The molecular weight excluding hydrogens is 388 g/mol. The second-order valence-corrected chi connectivity index (χ2v) is 8.17. The van der Waals surface area contributed by atoms with Crippen molar-refractivity contribution in [2.24, 2.45) is 10.9 Å². The van der Waals surface area contributed by atoms with E-state index in [1.165, 1.54) is 13.0 Å². The minimum atomic E-state index is -3.72. The van der Waals surface area contributed by atoms with E-state index >= 15 is 0 Å². The molecule has 1 aliphatic rings. The zero-order valence-electron chi connectivity index (χ0n) is 15.7. The molecule has 28 heavy (non-hydrogen) atoms. The van der Waals surface area contributed by atoms with Gasteiger partial charge in [-0.05, 0) is 25.0 Å². The third-order valence-corrected chi connectivity index (χ3v) is 4.99. The lowest BCUT2D eigenvalue weighted by Gasteiger charge is -2.10. The van der Waals surface area contributed by atoms with Crippen molar-refractivity contribution < 1.29 is 27.5 Å². The van der Waals surface area contributed by atoms with Crippen LogP contribution in [0.2, 0.25) is 0 Å². The average Bonchev–Trinajstić information content (AvgIpc) is 2.88. The minimum absolute atomic E-state index is 0.0255. The number of carbonyl (C=O) groups is 3. The van der Waals surface area contributed by atoms with Crippen molar-refractivity contribution in [3.05, 3.63) is 29.8 Å². The Hall–Kier alpha value is -2.95. The number of amidine groups is 1. The Morgan fingerprint density at radius 2 is 1.86 bits per heavy atom. The van der Waals surface area contributed by atoms with Gasteiger partial charge in [-0.3, -0.25) is 19.8 Å². The second-order valence-electron chi connectivity index (χ2n) is 6.52. The maximum Gasteiger partial charge on any atom is 0.331 e. The topological polar surface area (TPSA) is 143 Å². The predicted molar refractivity (Wildman–Crippen MR) is 100 cm³/mol. The number of imide groups is 1. The van der Waals surface area contributed by atoms with Crippen LogP contribution in [0.1, 0.15) is 26.3 Å². The molecule has 1 atom stereocenters. The van der Waals surface area contributed by atoms with E-state index in [2.05, 4.69) is 15.0 Å². The Bertz CT molecular complexity index is 910. The van der Waals surface area contributed by atoms with E-state index < -0.39 is 40.6 Å². The first kappa shape index (κ1) is 21.4. The van der Waals surface area contributed by atoms with Crippen molar-refractivity contribution >= 4 is 33.8 Å². The molecule has 0 bridgehead atoms. The number of aliphatic imine (C=N–C) groups is 1. The molecule has 0 spiro atoms. The number of hydrogen-bond donors (Lipinski definition) is 3. The van der Waals surface area contributed by atoms with Gasteiger partial charge in [0.25, 0.3) is 15.9 Å². The molecule has 0 aromatic heterocycles. The molecule has 10 nitrogen and oxygen atoms in total. The Kier molecular flexibility index (Phi) is 6.73. The molecule has 0 radical (unpaired) electrons. The highest BCUT2D eigenvalue weighted by Crippen LogP contribution is 2.22. The maximum absolute atomic E-state index is 12.0. The highest BCUT2D eigenvalue weighted by molar-refractivity contribution is 7.90. The number of nitrogens with zero attached hydrogens (tertiary/aromatic N) is 1. The number of rotatable bonds is 6. The molecule has 0 unspecified atom stereocenters. The summed E-state index contributed by atoms with van der Waals surface area (Å²) in [6, 6.07) is 4.47. The van der Waals surface area contributed by atoms with E-state index in [0.717, 1.165) is 0 Å². The molecule has 0 saturated carbocycles. The van der Waals surface area contributed by atoms with Crippen molar-refractivity contribution in [3.8, 4) is 0 Å². The van der Waals surface area contributed by atoms with Crippen LogP contribution in [0.3, 0.4) is 0 Å². The van der Waals surface area contributed by atoms with Crippen LogP contribution in [0.5, 0.6) is 0 Å². The fourth-order valence-corrected chi connectivity index (χ4v) is 3.48. The lowest BCUT2D eigenvalue weighted by atomic mass is 10.2. The first-order valence-electron chi connectivity index (χ1n) is 8.54. The van der Waals surface area contributed by atoms with Crippen LogP contribution < -0.4 is 15.4 Å². The summed E-state index contributed by atoms with van der Waals surface area (Å²) in [6.07, 6.45) is 0. The summed E-state index contributed by atoms with van der Waals surface area (Å²) in [5.74, 6) is -1.38. The first-order valence-corrected chi connectivity index (χ1v) is 10.0. The molecule has 11 heteroatoms. The van der Waals surface area contributed by atoms with Crippen LogP contribution >= 0.6 is 0 Å². The van der Waals surface area contributed by atoms with Gasteiger partial charge in [0.2, 0.25) is 0 Å².